The molecular formula is C10H20LiN. The molecule has 2 heteroatoms. The van der Waals surface area contributed by atoms with E-state index in [1.165, 1.54) is 25.8 Å². The molecule has 2 fully saturated rings. The van der Waals surface area contributed by atoms with E-state index in [-0.39, 0.29) is 20.3 Å². The van der Waals surface area contributed by atoms with E-state index in [2.05, 4.69) is 26.1 Å². The number of hydrogen-bond acceptors (Lipinski definition) is 1. The van der Waals surface area contributed by atoms with Crippen LogP contribution in [-0.4, -0.2) is 12.6 Å². The maximum Gasteiger partial charge on any atom is 1.00 e. The third-order valence-electron chi connectivity index (χ3n) is 3.26. The molecule has 66 valence electrons. The first kappa shape index (κ1) is 10.6. The number of fused-ring (bicyclic) bond motifs is 2. The summed E-state index contributed by atoms with van der Waals surface area (Å²) in [6, 6.07) is 0.823. The minimum Gasteiger partial charge on any atom is -1.00 e. The van der Waals surface area contributed by atoms with Crippen LogP contribution in [0.3, 0.4) is 0 Å². The standard InChI is InChI=1S/C10H19N.Li.H/c1-9(2)4-8-5-10(3,6-9)7-11-8;;/h8,11H,4-7H2,1-3H3;;/q;+1;-1. The van der Waals surface area contributed by atoms with Crippen LogP contribution >= 0.6 is 0 Å². The van der Waals surface area contributed by atoms with E-state index in [0.29, 0.717) is 10.8 Å². The maximum absolute atomic E-state index is 3.61. The van der Waals surface area contributed by atoms with Gasteiger partial charge in [-0.25, -0.2) is 0 Å². The molecule has 1 heterocycles. The summed E-state index contributed by atoms with van der Waals surface area (Å²) < 4.78 is 0. The normalized spacial score (nSPS) is 43.8. The first-order valence-corrected chi connectivity index (χ1v) is 4.73. The van der Waals surface area contributed by atoms with Gasteiger partial charge in [-0.3, -0.25) is 0 Å². The second-order valence-electron chi connectivity index (χ2n) is 5.64. The van der Waals surface area contributed by atoms with Crippen LogP contribution in [0, 0.1) is 10.8 Å². The topological polar surface area (TPSA) is 12.0 Å². The van der Waals surface area contributed by atoms with E-state index < -0.39 is 0 Å². The van der Waals surface area contributed by atoms with Crippen LogP contribution in [0.1, 0.15) is 41.5 Å². The fraction of sp³-hybridized carbons (Fsp3) is 1.00. The Morgan fingerprint density at radius 2 is 1.92 bits per heavy atom. The molecule has 1 aliphatic heterocycles. The van der Waals surface area contributed by atoms with Gasteiger partial charge in [0.2, 0.25) is 0 Å². The Morgan fingerprint density at radius 1 is 1.25 bits per heavy atom. The summed E-state index contributed by atoms with van der Waals surface area (Å²) in [6.07, 6.45) is 4.20. The fourth-order valence-electron chi connectivity index (χ4n) is 3.30. The Hall–Kier alpha value is 0.557. The predicted octanol–water partition coefficient (Wildman–Crippen LogP) is -0.709. The van der Waals surface area contributed by atoms with Crippen LogP contribution in [0.15, 0.2) is 0 Å². The van der Waals surface area contributed by atoms with Gasteiger partial charge in [0.05, 0.1) is 0 Å². The van der Waals surface area contributed by atoms with Crippen LogP contribution < -0.4 is 24.2 Å². The van der Waals surface area contributed by atoms with Crippen LogP contribution in [0.5, 0.6) is 0 Å². The number of rotatable bonds is 0. The number of hydrogen-bond donors (Lipinski definition) is 1. The van der Waals surface area contributed by atoms with Gasteiger partial charge in [-0.2, -0.15) is 0 Å². The monoisotopic (exact) mass is 161 g/mol. The van der Waals surface area contributed by atoms with Gasteiger partial charge >= 0.3 is 18.9 Å². The van der Waals surface area contributed by atoms with Gasteiger partial charge in [0, 0.05) is 12.6 Å². The Morgan fingerprint density at radius 3 is 2.50 bits per heavy atom. The first-order valence-electron chi connectivity index (χ1n) is 4.73. The van der Waals surface area contributed by atoms with E-state index in [9.17, 15) is 0 Å². The molecule has 0 aromatic carbocycles. The molecule has 2 unspecified atom stereocenters. The van der Waals surface area contributed by atoms with Crippen molar-refractivity contribution in [2.24, 2.45) is 10.8 Å². The summed E-state index contributed by atoms with van der Waals surface area (Å²) in [4.78, 5) is 0. The molecule has 0 aromatic rings. The van der Waals surface area contributed by atoms with Crippen molar-refractivity contribution in [3.05, 3.63) is 0 Å². The van der Waals surface area contributed by atoms with Gasteiger partial charge < -0.3 is 6.74 Å². The Kier molecular flexibility index (Phi) is 2.70. The van der Waals surface area contributed by atoms with Crippen molar-refractivity contribution in [3.8, 4) is 0 Å². The molecule has 2 bridgehead atoms. The molecule has 1 aliphatic carbocycles. The minimum atomic E-state index is 0. The van der Waals surface area contributed by atoms with Crippen molar-refractivity contribution < 1.29 is 20.3 Å². The average molecular weight is 161 g/mol. The molecule has 2 rings (SSSR count). The Labute approximate surface area is 89.3 Å². The van der Waals surface area contributed by atoms with Gasteiger partial charge in [0.15, 0.2) is 0 Å². The maximum atomic E-state index is 3.61. The van der Waals surface area contributed by atoms with E-state index in [1.807, 2.05) is 0 Å². The average Bonchev–Trinajstić information content (AvgIpc) is 2.03. The summed E-state index contributed by atoms with van der Waals surface area (Å²) in [5.41, 5.74) is 1.20. The molecule has 0 spiro atoms. The van der Waals surface area contributed by atoms with Gasteiger partial charge in [-0.05, 0) is 30.1 Å². The molecule has 2 atom stereocenters. The van der Waals surface area contributed by atoms with Crippen LogP contribution in [-0.2, 0) is 0 Å². The minimum absolute atomic E-state index is 0. The summed E-state index contributed by atoms with van der Waals surface area (Å²) >= 11 is 0. The summed E-state index contributed by atoms with van der Waals surface area (Å²) in [5, 5.41) is 3.61. The molecule has 1 saturated carbocycles. The van der Waals surface area contributed by atoms with Crippen LogP contribution in [0.2, 0.25) is 0 Å². The molecule has 2 aliphatic rings. The largest absolute Gasteiger partial charge is 1.00 e. The molecule has 0 radical (unpaired) electrons. The summed E-state index contributed by atoms with van der Waals surface area (Å²) in [6.45, 7) is 8.50. The third kappa shape index (κ3) is 1.90. The van der Waals surface area contributed by atoms with E-state index in [4.69, 9.17) is 0 Å². The third-order valence-corrected chi connectivity index (χ3v) is 3.26. The molecule has 0 aromatic heterocycles. The first-order chi connectivity index (χ1) is 4.99. The predicted molar refractivity (Wildman–Crippen MR) is 48.6 cm³/mol. The zero-order valence-corrected chi connectivity index (χ0v) is 8.91. The molecule has 1 nitrogen and oxygen atoms in total. The van der Waals surface area contributed by atoms with Crippen LogP contribution in [0.25, 0.3) is 0 Å². The molecule has 12 heavy (non-hydrogen) atoms. The fourth-order valence-corrected chi connectivity index (χ4v) is 3.30. The van der Waals surface area contributed by atoms with E-state index in [0.717, 1.165) is 6.04 Å². The second kappa shape index (κ2) is 3.05. The quantitative estimate of drug-likeness (QED) is 0.463. The molecule has 1 saturated heterocycles. The van der Waals surface area contributed by atoms with Gasteiger partial charge in [-0.15, -0.1) is 0 Å². The van der Waals surface area contributed by atoms with Crippen molar-refractivity contribution in [2.75, 3.05) is 6.54 Å². The smallest absolute Gasteiger partial charge is 1.00 e. The zero-order valence-electron chi connectivity index (χ0n) is 9.91. The number of nitrogens with one attached hydrogen (secondary N) is 1. The van der Waals surface area contributed by atoms with Gasteiger partial charge in [0.25, 0.3) is 0 Å². The molecular weight excluding hydrogens is 141 g/mol. The Bertz CT molecular complexity index is 184. The van der Waals surface area contributed by atoms with Crippen molar-refractivity contribution in [1.29, 1.82) is 0 Å². The van der Waals surface area contributed by atoms with Crippen molar-refractivity contribution in [3.63, 3.8) is 0 Å². The molecule has 1 N–H and O–H groups in total. The summed E-state index contributed by atoms with van der Waals surface area (Å²) in [5.74, 6) is 0. The van der Waals surface area contributed by atoms with E-state index in [1.54, 1.807) is 0 Å². The van der Waals surface area contributed by atoms with Crippen molar-refractivity contribution in [1.82, 2.24) is 5.32 Å². The SMILES string of the molecule is CC1(C)CC2CC(C)(CN2)C1.[H-].[Li+]. The second-order valence-corrected chi connectivity index (χ2v) is 5.64. The summed E-state index contributed by atoms with van der Waals surface area (Å²) in [7, 11) is 0. The van der Waals surface area contributed by atoms with Crippen molar-refractivity contribution >= 4 is 0 Å². The van der Waals surface area contributed by atoms with Gasteiger partial charge in [0.1, 0.15) is 0 Å². The van der Waals surface area contributed by atoms with Gasteiger partial charge in [-0.1, -0.05) is 20.8 Å². The van der Waals surface area contributed by atoms with E-state index >= 15 is 0 Å². The van der Waals surface area contributed by atoms with Crippen LogP contribution in [0.4, 0.5) is 0 Å². The molecule has 0 amide bonds. The Balaban J connectivity index is 0.000000720. The zero-order chi connectivity index (χ0) is 8.11. The van der Waals surface area contributed by atoms with Crippen molar-refractivity contribution in [2.45, 2.75) is 46.1 Å².